The normalized spacial score (nSPS) is 11.9. The lowest BCUT2D eigenvalue weighted by molar-refractivity contribution is -0.173. The van der Waals surface area contributed by atoms with Crippen molar-refractivity contribution in [2.24, 2.45) is 17.8 Å². The number of furan rings is 2. The lowest BCUT2D eigenvalue weighted by Crippen LogP contribution is -2.33. The van der Waals surface area contributed by atoms with Gasteiger partial charge in [-0.3, -0.25) is 57.5 Å². The molecule has 0 aliphatic heterocycles. The van der Waals surface area contributed by atoms with E-state index in [1.54, 1.807) is 94.7 Å². The van der Waals surface area contributed by atoms with E-state index >= 15 is 0 Å². The molecule has 0 spiro atoms. The van der Waals surface area contributed by atoms with E-state index in [9.17, 15) is 70.7 Å². The van der Waals surface area contributed by atoms with Crippen LogP contribution in [0.4, 0.5) is 13.2 Å². The highest BCUT2D eigenvalue weighted by atomic mass is 32.1. The number of rotatable bonds is 13. The molecule has 7 aromatic rings. The third-order valence-electron chi connectivity index (χ3n) is 15.0. The highest BCUT2D eigenvalue weighted by molar-refractivity contribution is 7.12. The number of hydrogen-bond donors (Lipinski definition) is 13. The molecule has 110 heavy (non-hydrogen) atoms. The summed E-state index contributed by atoms with van der Waals surface area (Å²) >= 11 is 1.44. The SMILES string of the molecule is CNC(=O)C(F)(F)F.CNC(=O)C1CC1.CNC(=O)C1CCCC1.CNC(=O)C1CCCCC1.CNC(=O)CN(C)C.CNC(=O)CO.CNC(=O)COC.CNC(=O)c1ccc2ccccc2c1.CNC(=O)c1cccc2ccccc12.CNC(=O)c1ccco1.CNC(=O)c1cccs1.CNC(=O)c1ccoc1. The zero-order valence-electron chi connectivity index (χ0n) is 65.5. The minimum absolute atomic E-state index is 0.00926. The number of alkyl halides is 3. The van der Waals surface area contributed by atoms with Gasteiger partial charge in [0.1, 0.15) is 19.5 Å². The predicted molar refractivity (Wildman–Crippen MR) is 420 cm³/mol. The van der Waals surface area contributed by atoms with Gasteiger partial charge in [0.05, 0.1) is 29.5 Å². The zero-order valence-corrected chi connectivity index (χ0v) is 66.3. The average molecular weight is 1560 g/mol. The van der Waals surface area contributed by atoms with Crippen molar-refractivity contribution < 1.29 is 89.4 Å². The van der Waals surface area contributed by atoms with Gasteiger partial charge in [-0.15, -0.1) is 11.3 Å². The maximum atomic E-state index is 11.5. The molecule has 10 rings (SSSR count). The second-order valence-electron chi connectivity index (χ2n) is 23.3. The number of aliphatic hydroxyl groups is 1. The Balaban J connectivity index is 0. The van der Waals surface area contributed by atoms with Gasteiger partial charge in [-0.2, -0.15) is 13.2 Å². The Morgan fingerprint density at radius 3 is 1.31 bits per heavy atom. The number of carbonyl (C=O) groups excluding carboxylic acids is 12. The Morgan fingerprint density at radius 1 is 0.464 bits per heavy atom. The van der Waals surface area contributed by atoms with Crippen LogP contribution in [0.5, 0.6) is 0 Å². The summed E-state index contributed by atoms with van der Waals surface area (Å²) in [5.41, 5.74) is 1.98. The first kappa shape index (κ1) is 101. The molecule has 3 saturated carbocycles. The molecule has 4 aromatic carbocycles. The molecule has 0 saturated heterocycles. The number of ether oxygens (including phenoxy) is 1. The Hall–Kier alpha value is -11.0. The van der Waals surface area contributed by atoms with Crippen molar-refractivity contribution in [2.75, 3.05) is 126 Å². The molecule has 3 aliphatic carbocycles. The molecule has 3 aromatic heterocycles. The van der Waals surface area contributed by atoms with Crippen LogP contribution in [0.15, 0.2) is 148 Å². The summed E-state index contributed by atoms with van der Waals surface area (Å²) in [5, 5.41) is 43.4. The molecular formula is C77H112F3N13O16S. The quantitative estimate of drug-likeness (QED) is 0.0561. The zero-order chi connectivity index (χ0) is 83.4. The van der Waals surface area contributed by atoms with Crippen molar-refractivity contribution in [3.63, 3.8) is 0 Å². The number of nitrogens with zero attached hydrogens (tertiary/aromatic N) is 1. The van der Waals surface area contributed by atoms with Crippen molar-refractivity contribution in [2.45, 2.75) is 76.8 Å². The van der Waals surface area contributed by atoms with Crippen LogP contribution in [0.25, 0.3) is 21.5 Å². The molecule has 3 fully saturated rings. The summed E-state index contributed by atoms with van der Waals surface area (Å²) in [6.07, 6.45) is 12.4. The topological polar surface area (TPSA) is 408 Å². The van der Waals surface area contributed by atoms with Crippen LogP contribution in [0.3, 0.4) is 0 Å². The Kier molecular flexibility index (Phi) is 55.9. The van der Waals surface area contributed by atoms with Gasteiger partial charge in [0.2, 0.25) is 35.4 Å². The minimum atomic E-state index is -4.74. The highest BCUT2D eigenvalue weighted by Crippen LogP contribution is 2.28. The van der Waals surface area contributed by atoms with Gasteiger partial charge in [-0.25, -0.2) is 0 Å². The second kappa shape index (κ2) is 60.9. The average Bonchev–Trinajstić information content (AvgIpc) is 1.19. The van der Waals surface area contributed by atoms with Crippen LogP contribution >= 0.6 is 11.3 Å². The number of thiophene rings is 1. The van der Waals surface area contributed by atoms with Crippen LogP contribution in [-0.4, -0.2) is 213 Å². The van der Waals surface area contributed by atoms with Crippen LogP contribution in [0.2, 0.25) is 0 Å². The van der Waals surface area contributed by atoms with E-state index in [1.807, 2.05) is 115 Å². The molecule has 608 valence electrons. The molecular weight excluding hydrogens is 1450 g/mol. The highest BCUT2D eigenvalue weighted by Gasteiger charge is 2.37. The van der Waals surface area contributed by atoms with E-state index in [0.29, 0.717) is 41.2 Å². The van der Waals surface area contributed by atoms with Gasteiger partial charge in [0, 0.05) is 121 Å². The van der Waals surface area contributed by atoms with Crippen LogP contribution in [0.1, 0.15) is 122 Å². The molecule has 3 aliphatic rings. The maximum absolute atomic E-state index is 11.5. The molecule has 0 bridgehead atoms. The van der Waals surface area contributed by atoms with Gasteiger partial charge in [-0.1, -0.05) is 105 Å². The molecule has 29 nitrogen and oxygen atoms in total. The number of halogens is 3. The molecule has 13 N–H and O–H groups in total. The summed E-state index contributed by atoms with van der Waals surface area (Å²) < 4.78 is 47.0. The number of carbonyl (C=O) groups is 12. The van der Waals surface area contributed by atoms with Crippen molar-refractivity contribution in [3.05, 3.63) is 167 Å². The van der Waals surface area contributed by atoms with Gasteiger partial charge in [-0.05, 0) is 122 Å². The number of nitrogens with one attached hydrogen (secondary N) is 12. The molecule has 33 heteroatoms. The van der Waals surface area contributed by atoms with Gasteiger partial charge < -0.3 is 87.4 Å². The van der Waals surface area contributed by atoms with Gasteiger partial charge in [0.15, 0.2) is 5.76 Å². The van der Waals surface area contributed by atoms with Crippen molar-refractivity contribution >= 4 is 104 Å². The number of fused-ring (bicyclic) bond motifs is 2. The smallest absolute Gasteiger partial charge is 0.471 e. The van der Waals surface area contributed by atoms with Gasteiger partial charge in [0.25, 0.3) is 29.5 Å². The molecule has 12 amide bonds. The molecule has 0 atom stereocenters. The summed E-state index contributed by atoms with van der Waals surface area (Å²) in [7, 11) is 23.9. The predicted octanol–water partition coefficient (Wildman–Crippen LogP) is 6.85. The van der Waals surface area contributed by atoms with E-state index < -0.39 is 18.7 Å². The first-order chi connectivity index (χ1) is 52.5. The minimum Gasteiger partial charge on any atom is -0.472 e. The van der Waals surface area contributed by atoms with Crippen LogP contribution in [0, 0.1) is 17.8 Å². The number of amides is 12. The lowest BCUT2D eigenvalue weighted by atomic mass is 9.89. The largest absolute Gasteiger partial charge is 0.472 e. The first-order valence-electron chi connectivity index (χ1n) is 34.9. The van der Waals surface area contributed by atoms with Crippen LogP contribution < -0.4 is 63.8 Å². The fourth-order valence-corrected chi connectivity index (χ4v) is 9.60. The Labute approximate surface area is 645 Å². The van der Waals surface area contributed by atoms with Crippen molar-refractivity contribution in [3.8, 4) is 0 Å². The summed E-state index contributed by atoms with van der Waals surface area (Å²) in [6.45, 7) is 0.198. The molecule has 3 heterocycles. The van der Waals surface area contributed by atoms with Crippen molar-refractivity contribution in [1.82, 2.24) is 68.7 Å². The Morgan fingerprint density at radius 2 is 0.945 bits per heavy atom. The summed E-state index contributed by atoms with van der Waals surface area (Å²) in [5.74, 6) is -0.695. The van der Waals surface area contributed by atoms with Crippen LogP contribution in [-0.2, 0) is 38.3 Å². The number of hydrogen-bond acceptors (Lipinski definition) is 18. The standard InChI is InChI=1S/2C12H11NO.C8H15NO.C7H13NO.2C6H7NO2.C6H7NOS.C5H12N2O.C5H9NO.C4H9NO2.C3H4F3NO.C3H7NO2/c1-13-12(14)11-8-4-6-9-5-2-3-7-10(9)11;1-13-12(14)11-7-6-9-4-2-3-5-10(9)8-11;1-9-8(10)7-5-3-2-4-6-7;1-8-7(9)6-4-2-3-5-6;1-7-6(8)5-2-3-9-4-5;2*1-7-6(8)5-3-2-4-9-5;1-6-5(8)4-7(2)3;1-6-5(7)4-2-3-4;1-5-4(6)3-7-2;1-7-2(8)3(4,5)6;1-4-3(6)2-5/h2*2-8H,1H3,(H,13,14);7H,2-6H2,1H3,(H,9,10);6H,2-5H2,1H3,(H,8,9);3*2-4H,1H3,(H,7,8);4H2,1-3H3,(H,6,8);4H,2-3H2,1H3,(H,6,7);3H2,1-2H3,(H,5,6);1H3,(H,7,8);5H,2H2,1H3,(H,4,6). The Bertz CT molecular complexity index is 3650. The summed E-state index contributed by atoms with van der Waals surface area (Å²) in [4.78, 5) is 130. The fourth-order valence-electron chi connectivity index (χ4n) is 8.93. The van der Waals surface area contributed by atoms with E-state index in [4.69, 9.17) is 9.52 Å². The number of likely N-dealkylation sites (N-methyl/N-ethyl adjacent to an activating group) is 4. The number of methoxy groups -OCH3 is 1. The monoisotopic (exact) mass is 1560 g/mol. The van der Waals surface area contributed by atoms with Gasteiger partial charge >= 0.3 is 12.1 Å². The van der Waals surface area contributed by atoms with E-state index in [2.05, 4.69) is 67.6 Å². The first-order valence-corrected chi connectivity index (χ1v) is 35.8. The van der Waals surface area contributed by atoms with E-state index in [0.717, 1.165) is 77.6 Å². The second-order valence-corrected chi connectivity index (χ2v) is 24.3. The summed E-state index contributed by atoms with van der Waals surface area (Å²) in [6, 6.07) is 35.8. The molecule has 0 radical (unpaired) electrons. The fraction of sp³-hybridized carbons (Fsp3) is 0.429. The maximum Gasteiger partial charge on any atom is 0.471 e. The number of benzene rings is 4. The lowest BCUT2D eigenvalue weighted by Gasteiger charge is -2.19. The van der Waals surface area contributed by atoms with Crippen molar-refractivity contribution in [1.29, 1.82) is 0 Å². The number of aliphatic hydroxyl groups excluding tert-OH is 1. The molecule has 0 unspecified atom stereocenters. The third-order valence-corrected chi connectivity index (χ3v) is 15.9. The third kappa shape index (κ3) is 45.6. The van der Waals surface area contributed by atoms with E-state index in [-0.39, 0.29) is 71.6 Å². The van der Waals surface area contributed by atoms with E-state index in [1.165, 1.54) is 81.7 Å².